The van der Waals surface area contributed by atoms with Gasteiger partial charge in [0.15, 0.2) is 0 Å². The number of aliphatic hydroxyl groups excluding tert-OH is 2. The van der Waals surface area contributed by atoms with E-state index in [2.05, 4.69) is 0 Å². The van der Waals surface area contributed by atoms with Gasteiger partial charge in [0.2, 0.25) is 11.8 Å². The number of primary amides is 1. The molecule has 0 aromatic heterocycles. The summed E-state index contributed by atoms with van der Waals surface area (Å²) in [6.45, 7) is 4.73. The Labute approximate surface area is 118 Å². The molecule has 4 atom stereocenters. The summed E-state index contributed by atoms with van der Waals surface area (Å²) in [6.07, 6.45) is 0.124. The molecular weight excluding hydrogens is 262 g/mol. The SMILES string of the molecule is CC(O)CN1CCC[C@]12CN(C(C(N)=O)C(C)O)C2=O. The van der Waals surface area contributed by atoms with E-state index in [1.807, 2.05) is 4.90 Å². The molecule has 2 aliphatic heterocycles. The molecule has 0 bridgehead atoms. The van der Waals surface area contributed by atoms with Gasteiger partial charge in [-0.25, -0.2) is 0 Å². The Balaban J connectivity index is 2.12. The highest BCUT2D eigenvalue weighted by Gasteiger charge is 2.60. The van der Waals surface area contributed by atoms with Gasteiger partial charge in [-0.3, -0.25) is 14.5 Å². The number of hydrogen-bond donors (Lipinski definition) is 3. The van der Waals surface area contributed by atoms with Crippen molar-refractivity contribution in [2.24, 2.45) is 5.73 Å². The highest BCUT2D eigenvalue weighted by Crippen LogP contribution is 2.40. The number of β-amino-alcohol motifs (C(OH)–C–C–N with tert-alkyl or cyclic N) is 1. The van der Waals surface area contributed by atoms with E-state index >= 15 is 0 Å². The zero-order chi connectivity index (χ0) is 15.1. The lowest BCUT2D eigenvalue weighted by Gasteiger charge is -2.54. The topological polar surface area (TPSA) is 107 Å². The third kappa shape index (κ3) is 2.30. The van der Waals surface area contributed by atoms with Crippen molar-refractivity contribution in [2.75, 3.05) is 19.6 Å². The smallest absolute Gasteiger partial charge is 0.245 e. The third-order valence-electron chi connectivity index (χ3n) is 4.28. The minimum absolute atomic E-state index is 0.166. The molecule has 0 aromatic carbocycles. The summed E-state index contributed by atoms with van der Waals surface area (Å²) < 4.78 is 0. The maximum Gasteiger partial charge on any atom is 0.245 e. The molecule has 2 aliphatic rings. The van der Waals surface area contributed by atoms with E-state index < -0.39 is 29.7 Å². The number of nitrogens with two attached hydrogens (primary N) is 1. The summed E-state index contributed by atoms with van der Waals surface area (Å²) in [4.78, 5) is 27.2. The highest BCUT2D eigenvalue weighted by atomic mass is 16.3. The number of amides is 2. The summed E-state index contributed by atoms with van der Waals surface area (Å²) >= 11 is 0. The predicted molar refractivity (Wildman–Crippen MR) is 71.6 cm³/mol. The van der Waals surface area contributed by atoms with Crippen LogP contribution in [0.4, 0.5) is 0 Å². The number of carbonyl (C=O) groups is 2. The lowest BCUT2D eigenvalue weighted by atomic mass is 9.83. The molecule has 20 heavy (non-hydrogen) atoms. The molecular formula is C13H23N3O4. The van der Waals surface area contributed by atoms with Crippen molar-refractivity contribution in [3.8, 4) is 0 Å². The second-order valence-corrected chi connectivity index (χ2v) is 5.95. The highest BCUT2D eigenvalue weighted by molar-refractivity contribution is 5.97. The summed E-state index contributed by atoms with van der Waals surface area (Å²) in [5.41, 5.74) is 4.65. The molecule has 3 unspecified atom stereocenters. The number of likely N-dealkylation sites (tertiary alicyclic amines) is 2. The van der Waals surface area contributed by atoms with Gasteiger partial charge in [-0.2, -0.15) is 0 Å². The van der Waals surface area contributed by atoms with E-state index in [0.29, 0.717) is 13.1 Å². The Kier molecular flexibility index (Phi) is 4.04. The quantitative estimate of drug-likeness (QED) is 0.521. The van der Waals surface area contributed by atoms with Crippen LogP contribution in [0.15, 0.2) is 0 Å². The van der Waals surface area contributed by atoms with Gasteiger partial charge in [0.05, 0.1) is 12.2 Å². The maximum absolute atomic E-state index is 12.5. The monoisotopic (exact) mass is 285 g/mol. The van der Waals surface area contributed by atoms with Gasteiger partial charge in [-0.15, -0.1) is 0 Å². The van der Waals surface area contributed by atoms with Crippen LogP contribution in [-0.4, -0.2) is 75.3 Å². The summed E-state index contributed by atoms with van der Waals surface area (Å²) in [6, 6.07) is -0.970. The van der Waals surface area contributed by atoms with Crippen LogP contribution in [0.3, 0.4) is 0 Å². The van der Waals surface area contributed by atoms with E-state index in [4.69, 9.17) is 5.73 Å². The Morgan fingerprint density at radius 2 is 2.10 bits per heavy atom. The Morgan fingerprint density at radius 1 is 1.45 bits per heavy atom. The minimum atomic E-state index is -0.986. The molecule has 2 fully saturated rings. The Bertz CT molecular complexity index is 412. The van der Waals surface area contributed by atoms with Gasteiger partial charge in [0, 0.05) is 13.1 Å². The Morgan fingerprint density at radius 3 is 2.55 bits per heavy atom. The molecule has 4 N–H and O–H groups in total. The molecule has 2 heterocycles. The maximum atomic E-state index is 12.5. The number of aliphatic hydroxyl groups is 2. The lowest BCUT2D eigenvalue weighted by Crippen LogP contribution is -2.76. The van der Waals surface area contributed by atoms with Crippen molar-refractivity contribution in [3.05, 3.63) is 0 Å². The first-order valence-corrected chi connectivity index (χ1v) is 7.01. The molecule has 2 saturated heterocycles. The molecule has 2 rings (SSSR count). The molecule has 0 radical (unpaired) electrons. The number of rotatable bonds is 5. The number of hydrogen-bond acceptors (Lipinski definition) is 5. The fourth-order valence-electron chi connectivity index (χ4n) is 3.41. The summed E-state index contributed by atoms with van der Waals surface area (Å²) in [7, 11) is 0. The zero-order valence-corrected chi connectivity index (χ0v) is 12.0. The van der Waals surface area contributed by atoms with Crippen molar-refractivity contribution in [3.63, 3.8) is 0 Å². The molecule has 1 spiro atoms. The van der Waals surface area contributed by atoms with Gasteiger partial charge in [0.1, 0.15) is 11.6 Å². The lowest BCUT2D eigenvalue weighted by molar-refractivity contribution is -0.173. The van der Waals surface area contributed by atoms with E-state index in [-0.39, 0.29) is 5.91 Å². The predicted octanol–water partition coefficient (Wildman–Crippen LogP) is -1.72. The van der Waals surface area contributed by atoms with Gasteiger partial charge in [-0.05, 0) is 33.2 Å². The molecule has 0 aromatic rings. The molecule has 2 amide bonds. The number of carbonyl (C=O) groups excluding carboxylic acids is 2. The average molecular weight is 285 g/mol. The van der Waals surface area contributed by atoms with Crippen LogP contribution in [0.1, 0.15) is 26.7 Å². The molecule has 7 nitrogen and oxygen atoms in total. The largest absolute Gasteiger partial charge is 0.392 e. The van der Waals surface area contributed by atoms with Gasteiger partial charge >= 0.3 is 0 Å². The van der Waals surface area contributed by atoms with Crippen molar-refractivity contribution in [2.45, 2.75) is 50.5 Å². The van der Waals surface area contributed by atoms with E-state index in [9.17, 15) is 19.8 Å². The second-order valence-electron chi connectivity index (χ2n) is 5.95. The summed E-state index contributed by atoms with van der Waals surface area (Å²) in [5.74, 6) is -0.858. The van der Waals surface area contributed by atoms with Gasteiger partial charge in [-0.1, -0.05) is 0 Å². The fraction of sp³-hybridized carbons (Fsp3) is 0.846. The van der Waals surface area contributed by atoms with E-state index in [1.165, 1.54) is 11.8 Å². The molecule has 114 valence electrons. The normalized spacial score (nSPS) is 31.2. The van der Waals surface area contributed by atoms with Crippen molar-refractivity contribution in [1.82, 2.24) is 9.80 Å². The van der Waals surface area contributed by atoms with Crippen LogP contribution >= 0.6 is 0 Å². The molecule has 7 heteroatoms. The molecule has 0 saturated carbocycles. The Hall–Kier alpha value is -1.18. The standard InChI is InChI=1S/C13H23N3O4/c1-8(17)6-15-5-3-4-13(15)7-16(12(13)20)10(9(2)18)11(14)19/h8-10,17-18H,3-7H2,1-2H3,(H2,14,19)/t8?,9?,10?,13-/m1/s1. The zero-order valence-electron chi connectivity index (χ0n) is 12.0. The van der Waals surface area contributed by atoms with Crippen molar-refractivity contribution >= 4 is 11.8 Å². The first-order valence-electron chi connectivity index (χ1n) is 7.01. The van der Waals surface area contributed by atoms with Crippen LogP contribution in [0.5, 0.6) is 0 Å². The van der Waals surface area contributed by atoms with E-state index in [1.54, 1.807) is 6.92 Å². The second kappa shape index (κ2) is 5.31. The first-order chi connectivity index (χ1) is 9.29. The van der Waals surface area contributed by atoms with Gasteiger partial charge in [0.25, 0.3) is 0 Å². The molecule has 0 aliphatic carbocycles. The first kappa shape index (κ1) is 15.2. The van der Waals surface area contributed by atoms with E-state index in [0.717, 1.165) is 19.4 Å². The van der Waals surface area contributed by atoms with Crippen LogP contribution < -0.4 is 5.73 Å². The number of β-lactam (4-membered cyclic amide) rings is 1. The fourth-order valence-corrected chi connectivity index (χ4v) is 3.41. The summed E-state index contributed by atoms with van der Waals surface area (Å²) in [5, 5.41) is 19.2. The average Bonchev–Trinajstić information content (AvgIpc) is 2.72. The van der Waals surface area contributed by atoms with Crippen LogP contribution in [0, 0.1) is 0 Å². The van der Waals surface area contributed by atoms with Crippen molar-refractivity contribution in [1.29, 1.82) is 0 Å². The number of nitrogens with zero attached hydrogens (tertiary/aromatic N) is 2. The van der Waals surface area contributed by atoms with Crippen LogP contribution in [0.25, 0.3) is 0 Å². The van der Waals surface area contributed by atoms with Crippen molar-refractivity contribution < 1.29 is 19.8 Å². The van der Waals surface area contributed by atoms with Crippen LogP contribution in [-0.2, 0) is 9.59 Å². The third-order valence-corrected chi connectivity index (χ3v) is 4.28. The van der Waals surface area contributed by atoms with Crippen LogP contribution in [0.2, 0.25) is 0 Å². The minimum Gasteiger partial charge on any atom is -0.392 e. The van der Waals surface area contributed by atoms with Gasteiger partial charge < -0.3 is 20.8 Å².